The van der Waals surface area contributed by atoms with Crippen molar-refractivity contribution in [1.29, 1.82) is 0 Å². The van der Waals surface area contributed by atoms with Crippen LogP contribution >= 0.6 is 11.3 Å². The largest absolute Gasteiger partial charge is 0.369 e. The fourth-order valence-electron chi connectivity index (χ4n) is 1.94. The maximum Gasteiger partial charge on any atom is 0.239 e. The highest BCUT2D eigenvalue weighted by molar-refractivity contribution is 7.09. The molecule has 20 heavy (non-hydrogen) atoms. The molecule has 1 aromatic carbocycles. The van der Waals surface area contributed by atoms with Gasteiger partial charge in [-0.2, -0.15) is 4.98 Å². The van der Waals surface area contributed by atoms with Gasteiger partial charge in [-0.15, -0.1) is 11.3 Å². The van der Waals surface area contributed by atoms with Crippen molar-refractivity contribution >= 4 is 34.0 Å². The number of aromatic nitrogens is 3. The summed E-state index contributed by atoms with van der Waals surface area (Å²) in [6.07, 6.45) is 2.68. The Morgan fingerprint density at radius 2 is 2.10 bits per heavy atom. The van der Waals surface area contributed by atoms with E-state index in [9.17, 15) is 0 Å². The van der Waals surface area contributed by atoms with Gasteiger partial charge >= 0.3 is 0 Å². The van der Waals surface area contributed by atoms with Crippen LogP contribution in [0.25, 0.3) is 10.9 Å². The maximum absolute atomic E-state index is 5.40. The number of para-hydroxylation sites is 1. The minimum absolute atomic E-state index is 0.403. The molecule has 0 unspecified atom stereocenters. The standard InChI is InChI=1S/C13H14N6S/c14-19-13-17-10-4-2-1-3-9(10)12(18-13)16-6-5-11-15-7-8-20-11/h1-4,7-8H,5-6,14H2,(H2,16,17,18,19). The summed E-state index contributed by atoms with van der Waals surface area (Å²) in [6.45, 7) is 0.762. The summed E-state index contributed by atoms with van der Waals surface area (Å²) in [5.74, 6) is 6.59. The summed E-state index contributed by atoms with van der Waals surface area (Å²) in [5, 5.41) is 7.38. The van der Waals surface area contributed by atoms with Crippen molar-refractivity contribution in [2.45, 2.75) is 6.42 Å². The van der Waals surface area contributed by atoms with E-state index in [4.69, 9.17) is 5.84 Å². The molecule has 0 atom stereocenters. The number of rotatable bonds is 5. The van der Waals surface area contributed by atoms with Crippen LogP contribution in [0.2, 0.25) is 0 Å². The van der Waals surface area contributed by atoms with Crippen LogP contribution in [-0.2, 0) is 6.42 Å². The molecule has 0 saturated heterocycles. The Bertz CT molecular complexity index is 697. The lowest BCUT2D eigenvalue weighted by Crippen LogP contribution is -2.13. The number of fused-ring (bicyclic) bond motifs is 1. The van der Waals surface area contributed by atoms with Crippen molar-refractivity contribution in [2.75, 3.05) is 17.3 Å². The molecule has 4 N–H and O–H groups in total. The second kappa shape index (κ2) is 5.81. The molecule has 2 aromatic heterocycles. The van der Waals surface area contributed by atoms with Gasteiger partial charge in [-0.3, -0.25) is 5.43 Å². The number of benzene rings is 1. The van der Waals surface area contributed by atoms with Crippen LogP contribution in [0.15, 0.2) is 35.8 Å². The zero-order valence-electron chi connectivity index (χ0n) is 10.7. The van der Waals surface area contributed by atoms with Crippen molar-refractivity contribution in [3.8, 4) is 0 Å². The highest BCUT2D eigenvalue weighted by atomic mass is 32.1. The Morgan fingerprint density at radius 3 is 2.90 bits per heavy atom. The third kappa shape index (κ3) is 2.68. The van der Waals surface area contributed by atoms with Gasteiger partial charge in [0, 0.05) is 29.9 Å². The quantitative estimate of drug-likeness (QED) is 0.491. The second-order valence-electron chi connectivity index (χ2n) is 4.16. The van der Waals surface area contributed by atoms with Crippen molar-refractivity contribution in [3.63, 3.8) is 0 Å². The lowest BCUT2D eigenvalue weighted by molar-refractivity contribution is 0.987. The first kappa shape index (κ1) is 12.8. The van der Waals surface area contributed by atoms with Crippen LogP contribution in [0.3, 0.4) is 0 Å². The topological polar surface area (TPSA) is 88.8 Å². The molecule has 0 spiro atoms. The van der Waals surface area contributed by atoms with Crippen molar-refractivity contribution in [3.05, 3.63) is 40.8 Å². The third-order valence-corrected chi connectivity index (χ3v) is 3.69. The second-order valence-corrected chi connectivity index (χ2v) is 5.14. The molecule has 2 heterocycles. The molecule has 102 valence electrons. The van der Waals surface area contributed by atoms with E-state index in [2.05, 4.69) is 25.7 Å². The van der Waals surface area contributed by atoms with E-state index in [0.29, 0.717) is 5.95 Å². The summed E-state index contributed by atoms with van der Waals surface area (Å²) in [6, 6.07) is 7.83. The molecule has 7 heteroatoms. The molecule has 0 saturated carbocycles. The fraction of sp³-hybridized carbons (Fsp3) is 0.154. The lowest BCUT2D eigenvalue weighted by atomic mass is 10.2. The van der Waals surface area contributed by atoms with Gasteiger partial charge < -0.3 is 5.32 Å². The van der Waals surface area contributed by atoms with Gasteiger partial charge in [-0.25, -0.2) is 15.8 Å². The zero-order chi connectivity index (χ0) is 13.8. The fourth-order valence-corrected chi connectivity index (χ4v) is 2.56. The van der Waals surface area contributed by atoms with Gasteiger partial charge in [0.1, 0.15) is 5.82 Å². The molecule has 0 radical (unpaired) electrons. The Hall–Kier alpha value is -2.25. The summed E-state index contributed by atoms with van der Waals surface area (Å²) in [7, 11) is 0. The molecule has 0 aliphatic rings. The highest BCUT2D eigenvalue weighted by Gasteiger charge is 2.06. The van der Waals surface area contributed by atoms with E-state index in [1.807, 2.05) is 35.8 Å². The summed E-state index contributed by atoms with van der Waals surface area (Å²) in [5.41, 5.74) is 3.34. The SMILES string of the molecule is NNc1nc(NCCc2nccs2)c2ccccc2n1. The van der Waals surface area contributed by atoms with E-state index in [1.165, 1.54) is 0 Å². The normalized spacial score (nSPS) is 10.7. The monoisotopic (exact) mass is 286 g/mol. The summed E-state index contributed by atoms with van der Waals surface area (Å²) < 4.78 is 0. The molecule has 3 aromatic rings. The van der Waals surface area contributed by atoms with Crippen LogP contribution in [-0.4, -0.2) is 21.5 Å². The molecular formula is C13H14N6S. The lowest BCUT2D eigenvalue weighted by Gasteiger charge is -2.09. The Labute approximate surface area is 120 Å². The van der Waals surface area contributed by atoms with Crippen molar-refractivity contribution in [2.24, 2.45) is 5.84 Å². The number of nitrogens with zero attached hydrogens (tertiary/aromatic N) is 3. The number of hydrogen-bond donors (Lipinski definition) is 3. The molecule has 0 bridgehead atoms. The molecule has 6 nitrogen and oxygen atoms in total. The number of hydrogen-bond acceptors (Lipinski definition) is 7. The Balaban J connectivity index is 1.82. The number of nitrogen functional groups attached to an aromatic ring is 1. The summed E-state index contributed by atoms with van der Waals surface area (Å²) in [4.78, 5) is 12.9. The third-order valence-electron chi connectivity index (χ3n) is 2.85. The maximum atomic E-state index is 5.40. The highest BCUT2D eigenvalue weighted by Crippen LogP contribution is 2.21. The first-order valence-corrected chi connectivity index (χ1v) is 7.10. The Kier molecular flexibility index (Phi) is 3.71. The molecule has 0 aliphatic carbocycles. The zero-order valence-corrected chi connectivity index (χ0v) is 11.5. The number of hydrazine groups is 1. The first-order valence-electron chi connectivity index (χ1n) is 6.22. The minimum Gasteiger partial charge on any atom is -0.369 e. The number of thiazole rings is 1. The van der Waals surface area contributed by atoms with E-state index in [0.717, 1.165) is 34.7 Å². The van der Waals surface area contributed by atoms with Gasteiger partial charge in [-0.05, 0) is 12.1 Å². The molecular weight excluding hydrogens is 272 g/mol. The predicted octanol–water partition coefficient (Wildman–Crippen LogP) is 2.03. The van der Waals surface area contributed by atoms with Crippen LogP contribution in [0, 0.1) is 0 Å². The predicted molar refractivity (Wildman–Crippen MR) is 81.7 cm³/mol. The number of nitrogens with two attached hydrogens (primary N) is 1. The van der Waals surface area contributed by atoms with Crippen LogP contribution in [0.4, 0.5) is 11.8 Å². The molecule has 3 rings (SSSR count). The van der Waals surface area contributed by atoms with E-state index in [-0.39, 0.29) is 0 Å². The van der Waals surface area contributed by atoms with Crippen LogP contribution in [0.1, 0.15) is 5.01 Å². The Morgan fingerprint density at radius 1 is 1.20 bits per heavy atom. The number of anilines is 2. The van der Waals surface area contributed by atoms with Crippen molar-refractivity contribution < 1.29 is 0 Å². The van der Waals surface area contributed by atoms with Crippen LogP contribution < -0.4 is 16.6 Å². The minimum atomic E-state index is 0.403. The van der Waals surface area contributed by atoms with Gasteiger partial charge in [0.05, 0.1) is 10.5 Å². The van der Waals surface area contributed by atoms with Gasteiger partial charge in [-0.1, -0.05) is 12.1 Å². The van der Waals surface area contributed by atoms with E-state index in [1.54, 1.807) is 11.3 Å². The van der Waals surface area contributed by atoms with Gasteiger partial charge in [0.2, 0.25) is 5.95 Å². The smallest absolute Gasteiger partial charge is 0.239 e. The first-order chi connectivity index (χ1) is 9.86. The van der Waals surface area contributed by atoms with E-state index < -0.39 is 0 Å². The van der Waals surface area contributed by atoms with Crippen molar-refractivity contribution in [1.82, 2.24) is 15.0 Å². The summed E-state index contributed by atoms with van der Waals surface area (Å²) >= 11 is 1.65. The van der Waals surface area contributed by atoms with E-state index >= 15 is 0 Å². The molecule has 0 amide bonds. The van der Waals surface area contributed by atoms with Crippen LogP contribution in [0.5, 0.6) is 0 Å². The van der Waals surface area contributed by atoms with Gasteiger partial charge in [0.25, 0.3) is 0 Å². The average Bonchev–Trinajstić information content (AvgIpc) is 3.00. The average molecular weight is 286 g/mol. The molecule has 0 aliphatic heterocycles. The van der Waals surface area contributed by atoms with Gasteiger partial charge in [0.15, 0.2) is 0 Å². The molecule has 0 fully saturated rings. The number of nitrogens with one attached hydrogen (secondary N) is 2.